The van der Waals surface area contributed by atoms with Gasteiger partial charge in [-0.3, -0.25) is 0 Å². The smallest absolute Gasteiger partial charge is 0.146 e. The summed E-state index contributed by atoms with van der Waals surface area (Å²) in [5.41, 5.74) is 6.26. The summed E-state index contributed by atoms with van der Waals surface area (Å²) in [7, 11) is 0. The summed E-state index contributed by atoms with van der Waals surface area (Å²) < 4.78 is 13.4. The molecule has 0 aromatic heterocycles. The Morgan fingerprint density at radius 1 is 1.38 bits per heavy atom. The van der Waals surface area contributed by atoms with Crippen molar-refractivity contribution in [3.63, 3.8) is 0 Å². The first kappa shape index (κ1) is 13.0. The van der Waals surface area contributed by atoms with Gasteiger partial charge < -0.3 is 11.1 Å². The highest BCUT2D eigenvalue weighted by molar-refractivity contribution is 5.45. The van der Waals surface area contributed by atoms with E-state index in [1.807, 2.05) is 6.07 Å². The Morgan fingerprint density at radius 3 is 2.62 bits per heavy atom. The van der Waals surface area contributed by atoms with Crippen molar-refractivity contribution in [1.82, 2.24) is 0 Å². The third kappa shape index (κ3) is 3.49. The third-order valence-corrected chi connectivity index (χ3v) is 2.90. The van der Waals surface area contributed by atoms with Crippen LogP contribution in [0.25, 0.3) is 0 Å². The molecule has 16 heavy (non-hydrogen) atoms. The van der Waals surface area contributed by atoms with Gasteiger partial charge in [-0.15, -0.1) is 0 Å². The zero-order valence-electron chi connectivity index (χ0n) is 10.0. The summed E-state index contributed by atoms with van der Waals surface area (Å²) in [5, 5.41) is 3.18. The molecule has 0 spiro atoms. The van der Waals surface area contributed by atoms with Crippen LogP contribution in [-0.2, 0) is 0 Å². The molecule has 3 heteroatoms. The predicted molar refractivity (Wildman–Crippen MR) is 66.9 cm³/mol. The highest BCUT2D eigenvalue weighted by Gasteiger charge is 2.15. The van der Waals surface area contributed by atoms with E-state index < -0.39 is 0 Å². The minimum absolute atomic E-state index is 0.136. The van der Waals surface area contributed by atoms with Crippen LogP contribution in [0.3, 0.4) is 0 Å². The molecule has 1 rings (SSSR count). The molecule has 0 aliphatic rings. The molecule has 0 heterocycles. The standard InChI is InChI=1S/C13H21FN2/c1-3-6-10(2)13(9-15)16-12-8-5-4-7-11(12)14/h4-5,7-8,10,13,16H,3,6,9,15H2,1-2H3. The van der Waals surface area contributed by atoms with Crippen LogP contribution in [0.2, 0.25) is 0 Å². The zero-order valence-corrected chi connectivity index (χ0v) is 10.0. The highest BCUT2D eigenvalue weighted by Crippen LogP contribution is 2.18. The van der Waals surface area contributed by atoms with Gasteiger partial charge in [0.05, 0.1) is 5.69 Å². The largest absolute Gasteiger partial charge is 0.378 e. The van der Waals surface area contributed by atoms with Gasteiger partial charge in [0, 0.05) is 12.6 Å². The molecular formula is C13H21FN2. The Kier molecular flexibility index (Phi) is 5.26. The van der Waals surface area contributed by atoms with E-state index in [9.17, 15) is 4.39 Å². The Labute approximate surface area is 97.0 Å². The average molecular weight is 224 g/mol. The van der Waals surface area contributed by atoms with Gasteiger partial charge in [0.25, 0.3) is 0 Å². The first-order valence-electron chi connectivity index (χ1n) is 5.90. The molecule has 0 amide bonds. The molecule has 2 atom stereocenters. The minimum Gasteiger partial charge on any atom is -0.378 e. The van der Waals surface area contributed by atoms with Crippen LogP contribution in [0.1, 0.15) is 26.7 Å². The molecule has 0 aliphatic carbocycles. The van der Waals surface area contributed by atoms with Crippen molar-refractivity contribution in [2.45, 2.75) is 32.7 Å². The summed E-state index contributed by atoms with van der Waals surface area (Å²) >= 11 is 0. The fourth-order valence-corrected chi connectivity index (χ4v) is 1.87. The van der Waals surface area contributed by atoms with E-state index in [2.05, 4.69) is 19.2 Å². The Morgan fingerprint density at radius 2 is 2.06 bits per heavy atom. The summed E-state index contributed by atoms with van der Waals surface area (Å²) in [4.78, 5) is 0. The lowest BCUT2D eigenvalue weighted by Crippen LogP contribution is -2.35. The Bertz CT molecular complexity index is 315. The first-order valence-corrected chi connectivity index (χ1v) is 5.90. The van der Waals surface area contributed by atoms with E-state index in [4.69, 9.17) is 5.73 Å². The molecule has 0 aliphatic heterocycles. The molecule has 2 unspecified atom stereocenters. The Hall–Kier alpha value is -1.09. The van der Waals surface area contributed by atoms with Crippen LogP contribution in [0, 0.1) is 11.7 Å². The van der Waals surface area contributed by atoms with E-state index in [1.54, 1.807) is 12.1 Å². The number of nitrogens with one attached hydrogen (secondary N) is 1. The maximum absolute atomic E-state index is 13.4. The lowest BCUT2D eigenvalue weighted by Gasteiger charge is -2.24. The van der Waals surface area contributed by atoms with Gasteiger partial charge in [-0.25, -0.2) is 4.39 Å². The van der Waals surface area contributed by atoms with E-state index in [-0.39, 0.29) is 11.9 Å². The summed E-state index contributed by atoms with van der Waals surface area (Å²) in [5.74, 6) is 0.235. The fraction of sp³-hybridized carbons (Fsp3) is 0.538. The van der Waals surface area contributed by atoms with Gasteiger partial charge in [0.1, 0.15) is 5.82 Å². The van der Waals surface area contributed by atoms with Gasteiger partial charge in [0.15, 0.2) is 0 Å². The van der Waals surface area contributed by atoms with Crippen LogP contribution in [0.4, 0.5) is 10.1 Å². The van der Waals surface area contributed by atoms with Crippen LogP contribution < -0.4 is 11.1 Å². The summed E-state index contributed by atoms with van der Waals surface area (Å²) in [6.07, 6.45) is 2.22. The molecule has 0 saturated heterocycles. The van der Waals surface area contributed by atoms with E-state index in [0.29, 0.717) is 18.2 Å². The highest BCUT2D eigenvalue weighted by atomic mass is 19.1. The summed E-state index contributed by atoms with van der Waals surface area (Å²) in [6.45, 7) is 4.82. The quantitative estimate of drug-likeness (QED) is 0.779. The first-order chi connectivity index (χ1) is 7.69. The lowest BCUT2D eigenvalue weighted by molar-refractivity contribution is 0.448. The van der Waals surface area contributed by atoms with Crippen molar-refractivity contribution in [3.05, 3.63) is 30.1 Å². The fourth-order valence-electron chi connectivity index (χ4n) is 1.87. The van der Waals surface area contributed by atoms with Crippen LogP contribution >= 0.6 is 0 Å². The maximum Gasteiger partial charge on any atom is 0.146 e. The maximum atomic E-state index is 13.4. The van der Waals surface area contributed by atoms with Crippen molar-refractivity contribution < 1.29 is 4.39 Å². The number of hydrogen-bond donors (Lipinski definition) is 2. The molecule has 0 fully saturated rings. The number of rotatable bonds is 6. The minimum atomic E-state index is -0.218. The van der Waals surface area contributed by atoms with Crippen molar-refractivity contribution in [3.8, 4) is 0 Å². The predicted octanol–water partition coefficient (Wildman–Crippen LogP) is 3.00. The Balaban J connectivity index is 2.66. The number of hydrogen-bond acceptors (Lipinski definition) is 2. The lowest BCUT2D eigenvalue weighted by atomic mass is 9.96. The molecule has 0 radical (unpaired) electrons. The normalized spacial score (nSPS) is 14.5. The van der Waals surface area contributed by atoms with Crippen LogP contribution in [-0.4, -0.2) is 12.6 Å². The second-order valence-corrected chi connectivity index (χ2v) is 4.23. The van der Waals surface area contributed by atoms with Gasteiger partial charge in [-0.2, -0.15) is 0 Å². The topological polar surface area (TPSA) is 38.0 Å². The molecule has 0 bridgehead atoms. The molecule has 1 aromatic carbocycles. The van der Waals surface area contributed by atoms with Gasteiger partial charge in [0.2, 0.25) is 0 Å². The van der Waals surface area contributed by atoms with Crippen molar-refractivity contribution >= 4 is 5.69 Å². The van der Waals surface area contributed by atoms with Crippen molar-refractivity contribution in [2.24, 2.45) is 11.7 Å². The number of anilines is 1. The van der Waals surface area contributed by atoms with Crippen molar-refractivity contribution in [1.29, 1.82) is 0 Å². The number of nitrogens with two attached hydrogens (primary N) is 1. The summed E-state index contributed by atoms with van der Waals surface area (Å²) in [6, 6.07) is 6.85. The molecule has 0 saturated carbocycles. The van der Waals surface area contributed by atoms with Gasteiger partial charge >= 0.3 is 0 Å². The molecular weight excluding hydrogens is 203 g/mol. The van der Waals surface area contributed by atoms with Gasteiger partial charge in [-0.05, 0) is 24.5 Å². The number of benzene rings is 1. The molecule has 90 valence electrons. The second kappa shape index (κ2) is 6.48. The van der Waals surface area contributed by atoms with Crippen molar-refractivity contribution in [2.75, 3.05) is 11.9 Å². The van der Waals surface area contributed by atoms with Gasteiger partial charge in [-0.1, -0.05) is 32.4 Å². The zero-order chi connectivity index (χ0) is 12.0. The van der Waals surface area contributed by atoms with Crippen LogP contribution in [0.5, 0.6) is 0 Å². The second-order valence-electron chi connectivity index (χ2n) is 4.23. The number of halogens is 1. The SMILES string of the molecule is CCCC(C)C(CN)Nc1ccccc1F. The third-order valence-electron chi connectivity index (χ3n) is 2.90. The van der Waals surface area contributed by atoms with E-state index in [0.717, 1.165) is 12.8 Å². The average Bonchev–Trinajstić information content (AvgIpc) is 2.28. The van der Waals surface area contributed by atoms with E-state index >= 15 is 0 Å². The van der Waals surface area contributed by atoms with E-state index in [1.165, 1.54) is 6.07 Å². The van der Waals surface area contributed by atoms with Crippen LogP contribution in [0.15, 0.2) is 24.3 Å². The molecule has 3 N–H and O–H groups in total. The monoisotopic (exact) mass is 224 g/mol. The molecule has 2 nitrogen and oxygen atoms in total. The number of para-hydroxylation sites is 1. The molecule has 1 aromatic rings.